The SMILES string of the molecule is Cc1cc2cc(C)c(C)cc2[cH-]1.[Zr]. The number of fused-ring (bicyclic) bond motifs is 1. The van der Waals surface area contributed by atoms with E-state index in [1.54, 1.807) is 0 Å². The van der Waals surface area contributed by atoms with Gasteiger partial charge in [0.25, 0.3) is 0 Å². The van der Waals surface area contributed by atoms with Gasteiger partial charge in [-0.1, -0.05) is 18.1 Å². The van der Waals surface area contributed by atoms with Gasteiger partial charge in [-0.15, -0.1) is 34.5 Å². The summed E-state index contributed by atoms with van der Waals surface area (Å²) in [6, 6.07) is 9.00. The van der Waals surface area contributed by atoms with E-state index in [1.165, 1.54) is 27.5 Å². The summed E-state index contributed by atoms with van der Waals surface area (Å²) in [6.07, 6.45) is 0. The Morgan fingerprint density at radius 1 is 0.923 bits per heavy atom. The maximum absolute atomic E-state index is 2.26. The van der Waals surface area contributed by atoms with Gasteiger partial charge < -0.3 is 0 Å². The van der Waals surface area contributed by atoms with Crippen molar-refractivity contribution in [3.05, 3.63) is 41.0 Å². The van der Waals surface area contributed by atoms with Gasteiger partial charge in [0.15, 0.2) is 0 Å². The predicted molar refractivity (Wildman–Crippen MR) is 53.8 cm³/mol. The Balaban J connectivity index is 0.000000845. The van der Waals surface area contributed by atoms with Crippen molar-refractivity contribution in [2.75, 3.05) is 0 Å². The Kier molecular flexibility index (Phi) is 3.19. The summed E-state index contributed by atoms with van der Waals surface area (Å²) in [7, 11) is 0. The summed E-state index contributed by atoms with van der Waals surface area (Å²) in [4.78, 5) is 0. The number of hydrogen-bond donors (Lipinski definition) is 0. The van der Waals surface area contributed by atoms with Crippen molar-refractivity contribution in [1.29, 1.82) is 0 Å². The quantitative estimate of drug-likeness (QED) is 0.626. The summed E-state index contributed by atoms with van der Waals surface area (Å²) >= 11 is 0. The summed E-state index contributed by atoms with van der Waals surface area (Å²) < 4.78 is 0. The minimum atomic E-state index is 0. The van der Waals surface area contributed by atoms with Crippen molar-refractivity contribution in [2.24, 2.45) is 0 Å². The van der Waals surface area contributed by atoms with E-state index in [1.807, 2.05) is 0 Å². The van der Waals surface area contributed by atoms with Gasteiger partial charge in [0.05, 0.1) is 0 Å². The van der Waals surface area contributed by atoms with E-state index in [0.717, 1.165) is 0 Å². The van der Waals surface area contributed by atoms with Crippen LogP contribution in [0.4, 0.5) is 0 Å². The molecule has 0 bridgehead atoms. The third-order valence-corrected chi connectivity index (χ3v) is 2.47. The standard InChI is InChI=1S/C12H13.Zr/c1-8-4-11-6-9(2)10(3)7-12(11)5-8;/h4-7H,1-3H3;/q-1;. The molecule has 0 fully saturated rings. The Morgan fingerprint density at radius 2 is 1.54 bits per heavy atom. The molecule has 66 valence electrons. The van der Waals surface area contributed by atoms with Crippen molar-refractivity contribution < 1.29 is 26.2 Å². The summed E-state index contributed by atoms with van der Waals surface area (Å²) in [5.74, 6) is 0. The molecule has 0 N–H and O–H groups in total. The molecule has 0 radical (unpaired) electrons. The van der Waals surface area contributed by atoms with Crippen LogP contribution in [-0.2, 0) is 26.2 Å². The molecule has 0 amide bonds. The van der Waals surface area contributed by atoms with E-state index in [9.17, 15) is 0 Å². The maximum atomic E-state index is 2.26. The molecule has 0 aliphatic carbocycles. The Labute approximate surface area is 98.4 Å². The smallest absolute Gasteiger partial charge is 0 e. The first-order valence-electron chi connectivity index (χ1n) is 4.31. The molecule has 2 rings (SSSR count). The molecule has 0 aliphatic rings. The molecule has 2 aromatic rings. The van der Waals surface area contributed by atoms with E-state index < -0.39 is 0 Å². The van der Waals surface area contributed by atoms with E-state index in [4.69, 9.17) is 0 Å². The molecule has 0 nitrogen and oxygen atoms in total. The van der Waals surface area contributed by atoms with Crippen LogP contribution in [0, 0.1) is 20.8 Å². The largest absolute Gasteiger partial charge is 0.165 e. The number of aryl methyl sites for hydroxylation is 3. The molecule has 2 aromatic carbocycles. The van der Waals surface area contributed by atoms with E-state index >= 15 is 0 Å². The van der Waals surface area contributed by atoms with Gasteiger partial charge in [0.2, 0.25) is 0 Å². The summed E-state index contributed by atoms with van der Waals surface area (Å²) in [5.41, 5.74) is 4.12. The molecule has 0 aliphatic heterocycles. The molecule has 0 saturated heterocycles. The van der Waals surface area contributed by atoms with Crippen LogP contribution in [0.2, 0.25) is 0 Å². The fourth-order valence-electron chi connectivity index (χ4n) is 1.64. The summed E-state index contributed by atoms with van der Waals surface area (Å²) in [5, 5.41) is 2.74. The van der Waals surface area contributed by atoms with Crippen LogP contribution in [0.3, 0.4) is 0 Å². The molecule has 0 aromatic heterocycles. The third kappa shape index (κ3) is 1.97. The summed E-state index contributed by atoms with van der Waals surface area (Å²) in [6.45, 7) is 6.47. The molecule has 0 saturated carbocycles. The fourth-order valence-corrected chi connectivity index (χ4v) is 1.64. The maximum Gasteiger partial charge on any atom is 0 e. The zero-order valence-corrected chi connectivity index (χ0v) is 10.8. The van der Waals surface area contributed by atoms with Crippen LogP contribution in [-0.4, -0.2) is 0 Å². The van der Waals surface area contributed by atoms with Crippen LogP contribution in [0.5, 0.6) is 0 Å². The van der Waals surface area contributed by atoms with Crippen molar-refractivity contribution >= 4 is 10.8 Å². The molecule has 0 spiro atoms. The molecular weight excluding hydrogens is 235 g/mol. The normalized spacial score (nSPS) is 10.1. The monoisotopic (exact) mass is 247 g/mol. The van der Waals surface area contributed by atoms with E-state index in [-0.39, 0.29) is 26.2 Å². The van der Waals surface area contributed by atoms with E-state index in [0.29, 0.717) is 0 Å². The second-order valence-corrected chi connectivity index (χ2v) is 3.60. The molecular formula is C12H13Zr-. The average Bonchev–Trinajstić information content (AvgIpc) is 2.30. The van der Waals surface area contributed by atoms with Crippen LogP contribution < -0.4 is 0 Å². The third-order valence-electron chi connectivity index (χ3n) is 2.47. The van der Waals surface area contributed by atoms with Crippen LogP contribution in [0.25, 0.3) is 10.8 Å². The molecule has 0 heterocycles. The van der Waals surface area contributed by atoms with Crippen LogP contribution >= 0.6 is 0 Å². The number of rotatable bonds is 0. The minimum absolute atomic E-state index is 0. The van der Waals surface area contributed by atoms with E-state index in [2.05, 4.69) is 45.0 Å². The molecule has 1 heteroatoms. The second-order valence-electron chi connectivity index (χ2n) is 3.60. The molecule has 0 unspecified atom stereocenters. The first kappa shape index (κ1) is 10.8. The van der Waals surface area contributed by atoms with Crippen LogP contribution in [0.15, 0.2) is 24.3 Å². The zero-order chi connectivity index (χ0) is 8.72. The van der Waals surface area contributed by atoms with Crippen LogP contribution in [0.1, 0.15) is 16.7 Å². The number of hydrogen-bond acceptors (Lipinski definition) is 0. The van der Waals surface area contributed by atoms with Gasteiger partial charge in [-0.25, -0.2) is 0 Å². The minimum Gasteiger partial charge on any atom is -0.165 e. The fraction of sp³-hybridized carbons (Fsp3) is 0.250. The van der Waals surface area contributed by atoms with Gasteiger partial charge >= 0.3 is 0 Å². The molecule has 0 atom stereocenters. The zero-order valence-electron chi connectivity index (χ0n) is 8.31. The Hall–Kier alpha value is -0.287. The first-order valence-corrected chi connectivity index (χ1v) is 4.31. The Morgan fingerprint density at radius 3 is 2.23 bits per heavy atom. The van der Waals surface area contributed by atoms with Crippen molar-refractivity contribution in [3.8, 4) is 0 Å². The van der Waals surface area contributed by atoms with Gasteiger partial charge in [-0.05, 0) is 13.8 Å². The van der Waals surface area contributed by atoms with Crippen molar-refractivity contribution in [2.45, 2.75) is 20.8 Å². The van der Waals surface area contributed by atoms with Gasteiger partial charge in [0, 0.05) is 26.2 Å². The average molecular weight is 248 g/mol. The molecule has 13 heavy (non-hydrogen) atoms. The second kappa shape index (κ2) is 3.84. The van der Waals surface area contributed by atoms with Crippen molar-refractivity contribution in [1.82, 2.24) is 0 Å². The van der Waals surface area contributed by atoms with Gasteiger partial charge in [0.1, 0.15) is 0 Å². The first-order chi connectivity index (χ1) is 5.66. The van der Waals surface area contributed by atoms with Gasteiger partial charge in [-0.2, -0.15) is 6.07 Å². The topological polar surface area (TPSA) is 0 Å². The van der Waals surface area contributed by atoms with Crippen molar-refractivity contribution in [3.63, 3.8) is 0 Å². The van der Waals surface area contributed by atoms with Gasteiger partial charge in [-0.3, -0.25) is 0 Å². The number of benzene rings is 1. The predicted octanol–water partition coefficient (Wildman–Crippen LogP) is 3.48. The Bertz CT molecular complexity index is 385.